The number of amides is 1. The van der Waals surface area contributed by atoms with Gasteiger partial charge in [-0.15, -0.1) is 0 Å². The van der Waals surface area contributed by atoms with Gasteiger partial charge in [0.25, 0.3) is 0 Å². The normalized spacial score (nSPS) is 12.4. The minimum absolute atomic E-state index is 0.0107. The molecular formula is C11H19N3O2. The highest BCUT2D eigenvalue weighted by molar-refractivity contribution is 5.75. The van der Waals surface area contributed by atoms with E-state index in [9.17, 15) is 4.79 Å². The molecule has 1 rings (SSSR count). The van der Waals surface area contributed by atoms with Crippen LogP contribution in [0, 0.1) is 6.92 Å². The number of hydrogen-bond acceptors (Lipinski definition) is 4. The summed E-state index contributed by atoms with van der Waals surface area (Å²) in [5, 5.41) is 2.75. The average Bonchev–Trinajstić information content (AvgIpc) is 2.61. The van der Waals surface area contributed by atoms with E-state index < -0.39 is 0 Å². The zero-order chi connectivity index (χ0) is 12.0. The Bertz CT molecular complexity index is 334. The summed E-state index contributed by atoms with van der Waals surface area (Å²) < 4.78 is 5.23. The van der Waals surface area contributed by atoms with Gasteiger partial charge in [-0.05, 0) is 26.7 Å². The van der Waals surface area contributed by atoms with Crippen molar-refractivity contribution in [3.63, 3.8) is 0 Å². The van der Waals surface area contributed by atoms with E-state index in [2.05, 4.69) is 10.3 Å². The minimum Gasteiger partial charge on any atom is -0.444 e. The summed E-state index contributed by atoms with van der Waals surface area (Å²) in [5.41, 5.74) is 5.59. The summed E-state index contributed by atoms with van der Waals surface area (Å²) in [6.45, 7) is 4.11. The fourth-order valence-corrected chi connectivity index (χ4v) is 1.33. The number of oxazole rings is 1. The third-order valence-corrected chi connectivity index (χ3v) is 2.17. The summed E-state index contributed by atoms with van der Waals surface area (Å²) in [6.07, 6.45) is 3.82. The van der Waals surface area contributed by atoms with E-state index >= 15 is 0 Å². The monoisotopic (exact) mass is 225 g/mol. The van der Waals surface area contributed by atoms with E-state index in [1.165, 1.54) is 0 Å². The number of carbonyl (C=O) groups is 1. The van der Waals surface area contributed by atoms with Gasteiger partial charge < -0.3 is 15.5 Å². The zero-order valence-electron chi connectivity index (χ0n) is 9.82. The Morgan fingerprint density at radius 3 is 3.00 bits per heavy atom. The minimum atomic E-state index is 0.0107. The smallest absolute Gasteiger partial charge is 0.220 e. The lowest BCUT2D eigenvalue weighted by molar-refractivity contribution is -0.121. The molecule has 0 bridgehead atoms. The van der Waals surface area contributed by atoms with Crippen molar-refractivity contribution in [2.24, 2.45) is 5.73 Å². The van der Waals surface area contributed by atoms with Gasteiger partial charge in [0.2, 0.25) is 11.8 Å². The summed E-state index contributed by atoms with van der Waals surface area (Å²) in [5.74, 6) is 1.30. The molecule has 1 aromatic heterocycles. The first-order chi connectivity index (χ1) is 7.58. The highest BCUT2D eigenvalue weighted by atomic mass is 16.4. The Morgan fingerprint density at radius 2 is 2.44 bits per heavy atom. The summed E-state index contributed by atoms with van der Waals surface area (Å²) in [7, 11) is 0. The van der Waals surface area contributed by atoms with Crippen molar-refractivity contribution in [3.8, 4) is 0 Å². The highest BCUT2D eigenvalue weighted by Crippen LogP contribution is 2.02. The van der Waals surface area contributed by atoms with Gasteiger partial charge in [-0.3, -0.25) is 4.79 Å². The van der Waals surface area contributed by atoms with Crippen LogP contribution in [0.3, 0.4) is 0 Å². The van der Waals surface area contributed by atoms with Crippen LogP contribution < -0.4 is 11.1 Å². The number of nitrogens with zero attached hydrogens (tertiary/aromatic N) is 1. The molecule has 1 unspecified atom stereocenters. The molecule has 1 aromatic rings. The molecule has 90 valence electrons. The Kier molecular flexibility index (Phi) is 4.98. The van der Waals surface area contributed by atoms with E-state index in [0.29, 0.717) is 18.9 Å². The molecule has 0 aliphatic heterocycles. The van der Waals surface area contributed by atoms with Crippen LogP contribution in [-0.2, 0) is 11.3 Å². The maximum absolute atomic E-state index is 11.4. The molecule has 0 aromatic carbocycles. The van der Waals surface area contributed by atoms with Crippen LogP contribution in [0.2, 0.25) is 0 Å². The number of nitrogens with two attached hydrogens (primary N) is 1. The summed E-state index contributed by atoms with van der Waals surface area (Å²) in [6, 6.07) is 0.155. The fourth-order valence-electron chi connectivity index (χ4n) is 1.33. The lowest BCUT2D eigenvalue weighted by Crippen LogP contribution is -2.23. The van der Waals surface area contributed by atoms with Gasteiger partial charge in [0.1, 0.15) is 5.76 Å². The van der Waals surface area contributed by atoms with E-state index in [1.54, 1.807) is 6.20 Å². The maximum atomic E-state index is 11.4. The predicted octanol–water partition coefficient (Wildman–Crippen LogP) is 1.12. The van der Waals surface area contributed by atoms with Crippen LogP contribution >= 0.6 is 0 Å². The quantitative estimate of drug-likeness (QED) is 0.760. The van der Waals surface area contributed by atoms with Crippen molar-refractivity contribution >= 4 is 5.91 Å². The van der Waals surface area contributed by atoms with Crippen LogP contribution in [0.25, 0.3) is 0 Å². The Morgan fingerprint density at radius 1 is 1.69 bits per heavy atom. The Hall–Kier alpha value is -1.36. The van der Waals surface area contributed by atoms with E-state index in [-0.39, 0.29) is 11.9 Å². The van der Waals surface area contributed by atoms with Gasteiger partial charge in [-0.25, -0.2) is 4.98 Å². The lowest BCUT2D eigenvalue weighted by Gasteiger charge is -2.04. The maximum Gasteiger partial charge on any atom is 0.220 e. The van der Waals surface area contributed by atoms with Crippen molar-refractivity contribution in [2.75, 3.05) is 0 Å². The van der Waals surface area contributed by atoms with Gasteiger partial charge >= 0.3 is 0 Å². The van der Waals surface area contributed by atoms with E-state index in [1.807, 2.05) is 13.8 Å². The summed E-state index contributed by atoms with van der Waals surface area (Å²) in [4.78, 5) is 15.4. The van der Waals surface area contributed by atoms with Gasteiger partial charge in [-0.2, -0.15) is 0 Å². The van der Waals surface area contributed by atoms with E-state index in [4.69, 9.17) is 10.2 Å². The molecule has 0 saturated heterocycles. The van der Waals surface area contributed by atoms with Crippen molar-refractivity contribution in [1.29, 1.82) is 0 Å². The lowest BCUT2D eigenvalue weighted by atomic mass is 10.1. The fraction of sp³-hybridized carbons (Fsp3) is 0.636. The van der Waals surface area contributed by atoms with Gasteiger partial charge in [-0.1, -0.05) is 0 Å². The molecule has 3 N–H and O–H groups in total. The first kappa shape index (κ1) is 12.7. The summed E-state index contributed by atoms with van der Waals surface area (Å²) >= 11 is 0. The van der Waals surface area contributed by atoms with Crippen LogP contribution in [0.4, 0.5) is 0 Å². The number of rotatable bonds is 6. The average molecular weight is 225 g/mol. The molecule has 0 aliphatic rings. The number of hydrogen-bond donors (Lipinski definition) is 2. The Labute approximate surface area is 95.4 Å². The predicted molar refractivity (Wildman–Crippen MR) is 60.6 cm³/mol. The third-order valence-electron chi connectivity index (χ3n) is 2.17. The third kappa shape index (κ3) is 4.93. The van der Waals surface area contributed by atoms with Crippen molar-refractivity contribution in [3.05, 3.63) is 17.8 Å². The molecule has 16 heavy (non-hydrogen) atoms. The SMILES string of the molecule is Cc1cnc(CNC(=O)CCCC(C)N)o1. The molecule has 0 fully saturated rings. The number of carbonyl (C=O) groups excluding carboxylic acids is 1. The van der Waals surface area contributed by atoms with Crippen molar-refractivity contribution in [2.45, 2.75) is 45.7 Å². The van der Waals surface area contributed by atoms with Crippen molar-refractivity contribution in [1.82, 2.24) is 10.3 Å². The van der Waals surface area contributed by atoms with Gasteiger partial charge in [0, 0.05) is 12.5 Å². The molecule has 5 nitrogen and oxygen atoms in total. The molecule has 1 amide bonds. The standard InChI is InChI=1S/C11H19N3O2/c1-8(12)4-3-5-10(15)13-7-11-14-6-9(2)16-11/h6,8H,3-5,7,12H2,1-2H3,(H,13,15). The van der Waals surface area contributed by atoms with E-state index in [0.717, 1.165) is 18.6 Å². The second kappa shape index (κ2) is 6.27. The molecular weight excluding hydrogens is 206 g/mol. The number of nitrogens with one attached hydrogen (secondary N) is 1. The zero-order valence-corrected chi connectivity index (χ0v) is 9.82. The first-order valence-electron chi connectivity index (χ1n) is 5.51. The first-order valence-corrected chi connectivity index (χ1v) is 5.51. The molecule has 5 heteroatoms. The van der Waals surface area contributed by atoms with Gasteiger partial charge in [0.05, 0.1) is 12.7 Å². The second-order valence-corrected chi connectivity index (χ2v) is 4.01. The van der Waals surface area contributed by atoms with Crippen LogP contribution in [-0.4, -0.2) is 16.9 Å². The van der Waals surface area contributed by atoms with Crippen molar-refractivity contribution < 1.29 is 9.21 Å². The van der Waals surface area contributed by atoms with Crippen LogP contribution in [0.1, 0.15) is 37.8 Å². The Balaban J connectivity index is 2.15. The molecule has 0 radical (unpaired) electrons. The molecule has 0 spiro atoms. The topological polar surface area (TPSA) is 81.2 Å². The number of aromatic nitrogens is 1. The second-order valence-electron chi connectivity index (χ2n) is 4.01. The van der Waals surface area contributed by atoms with Crippen LogP contribution in [0.15, 0.2) is 10.6 Å². The largest absolute Gasteiger partial charge is 0.444 e. The van der Waals surface area contributed by atoms with Crippen LogP contribution in [0.5, 0.6) is 0 Å². The molecule has 1 heterocycles. The number of aryl methyl sites for hydroxylation is 1. The van der Waals surface area contributed by atoms with Gasteiger partial charge in [0.15, 0.2) is 0 Å². The molecule has 0 aliphatic carbocycles. The molecule has 0 saturated carbocycles. The molecule has 1 atom stereocenters. The highest BCUT2D eigenvalue weighted by Gasteiger charge is 2.05.